The summed E-state index contributed by atoms with van der Waals surface area (Å²) < 4.78 is 98.0. The minimum atomic E-state index is -3.93. The third-order valence-corrected chi connectivity index (χ3v) is 21.1. The predicted molar refractivity (Wildman–Crippen MR) is 452 cm³/mol. The van der Waals surface area contributed by atoms with Crippen molar-refractivity contribution in [2.75, 3.05) is 43.2 Å². The molecule has 1 amide bonds. The van der Waals surface area contributed by atoms with Crippen molar-refractivity contribution in [2.24, 2.45) is 0 Å². The Hall–Kier alpha value is -13.9. The zero-order chi connectivity index (χ0) is 88.4. The average Bonchev–Trinajstić information content (AvgIpc) is 1.68. The first-order valence-electron chi connectivity index (χ1n) is 36.6. The van der Waals surface area contributed by atoms with E-state index in [2.05, 4.69) is 137 Å². The number of carboxylic acid groups (broad SMARTS) is 1. The molecule has 0 saturated carbocycles. The van der Waals surface area contributed by atoms with Gasteiger partial charge in [0.15, 0.2) is 40.1 Å². The van der Waals surface area contributed by atoms with Gasteiger partial charge in [-0.1, -0.05) is 83.5 Å². The van der Waals surface area contributed by atoms with Crippen LogP contribution in [0.1, 0.15) is 126 Å². The number of carboxylic acids is 1. The number of methoxy groups -OCH3 is 2. The van der Waals surface area contributed by atoms with Gasteiger partial charge in [-0.2, -0.15) is 18.9 Å². The van der Waals surface area contributed by atoms with Gasteiger partial charge in [-0.15, -0.1) is 25.5 Å². The molecular weight excluding hydrogens is 1650 g/mol. The van der Waals surface area contributed by atoms with Crippen molar-refractivity contribution < 1.29 is 49.4 Å². The molecule has 1 atom stereocenters. The van der Waals surface area contributed by atoms with Crippen LogP contribution in [0.25, 0.3) is 62.3 Å². The maximum Gasteiger partial charge on any atom is 0.359 e. The van der Waals surface area contributed by atoms with E-state index in [9.17, 15) is 59.1 Å². The minimum absolute atomic E-state index is 0.0286. The quantitative estimate of drug-likeness (QED) is 0.0468. The normalized spacial score (nSPS) is 12.0. The second-order valence-corrected chi connectivity index (χ2v) is 35.3. The van der Waals surface area contributed by atoms with Crippen LogP contribution in [0.4, 0.5) is 11.4 Å². The van der Waals surface area contributed by atoms with Crippen molar-refractivity contribution in [2.45, 2.75) is 112 Å². The van der Waals surface area contributed by atoms with E-state index in [1.54, 1.807) is 99.7 Å². The number of amides is 1. The van der Waals surface area contributed by atoms with Crippen LogP contribution in [0, 0.1) is 41.5 Å². The lowest BCUT2D eigenvalue weighted by Crippen LogP contribution is -2.38. The van der Waals surface area contributed by atoms with Gasteiger partial charge in [-0.05, 0) is 109 Å². The number of aromatic nitrogens is 22. The highest BCUT2D eigenvalue weighted by molar-refractivity contribution is 7.92. The number of aromatic carboxylic acids is 1. The van der Waals surface area contributed by atoms with Crippen LogP contribution in [0.3, 0.4) is 0 Å². The molecule has 0 aliphatic heterocycles. The number of sulfonamides is 3. The number of aromatic amines is 6. The Morgan fingerprint density at radius 2 is 1.17 bits per heavy atom. The number of nitrogens with one attached hydrogen (secondary N) is 10. The van der Waals surface area contributed by atoms with E-state index in [0.29, 0.717) is 62.0 Å². The molecule has 1 unspecified atom stereocenters. The Morgan fingerprint density at radius 3 is 1.77 bits per heavy atom. The number of H-pyrrole nitrogens is 6. The molecule has 121 heavy (non-hydrogen) atoms. The molecule has 0 fully saturated rings. The summed E-state index contributed by atoms with van der Waals surface area (Å²) in [6.07, 6.45) is 2.10. The molecule has 0 bridgehead atoms. The lowest BCUT2D eigenvalue weighted by molar-refractivity contribution is 0.0692. The standard InChI is InChI=1S/C17H24N6O4S2.C16H18N4O3.C12H9ClN4O3.C12H13N5O2S.C10H12N4O2.C9H11N3O/c1-11(16-19-18-15-10-14(17(2,3)4)20-23(15)16)21-29(26,27)13-8-6-7-12(9-13)22-28(5,24)25;1-16(2,3)12-8-13-17-14(19-20(13)18-12)9-5-6-11(23-4)10(7-9)15(21)22;1-20-10-6-9-14-11(18)16(12(19)17(9)15-10)8-5-3-2-4-7(8)13;1-8-6-11-13-12(15-17(11)14-8)9-4-3-5-10(7-9)16-20(2,18)19;1-5-4-7-12-8(9(15)11-3)6(2)10(16)14(7)13-5;1-5-4-8-10-9(13)6(2)7(3)12(8)11-5/h6-11,20-22H,1-5H3;5-8,18H,1-4H3,(H,21,22);2-6H,1H3,(H,14,18);3-7,14,16H,1-2H3;4,13H,1-3H3,(H,11,15);4H,1-3H3,(H,10,13). The van der Waals surface area contributed by atoms with E-state index in [-0.39, 0.29) is 66.9 Å². The summed E-state index contributed by atoms with van der Waals surface area (Å²) in [4.78, 5) is 88.7. The van der Waals surface area contributed by atoms with Crippen LogP contribution in [-0.4, -0.2) is 184 Å². The number of nitrogens with zero attached hydrogens (tertiary/aromatic N) is 16. The summed E-state index contributed by atoms with van der Waals surface area (Å²) in [5.74, 6) is 0.537. The van der Waals surface area contributed by atoms with Gasteiger partial charge < -0.3 is 24.9 Å². The smallest absolute Gasteiger partial charge is 0.359 e. The second-order valence-electron chi connectivity index (χ2n) is 29.7. The summed E-state index contributed by atoms with van der Waals surface area (Å²) in [6, 6.07) is 34.0. The first-order chi connectivity index (χ1) is 56.7. The molecule has 0 saturated heterocycles. The van der Waals surface area contributed by atoms with Crippen LogP contribution >= 0.6 is 11.6 Å². The highest BCUT2D eigenvalue weighted by Gasteiger charge is 2.27. The minimum Gasteiger partial charge on any atom is -0.496 e. The Labute approximate surface area is 693 Å². The molecule has 16 rings (SSSR count). The number of ether oxygens (including phenoxy) is 2. The molecule has 16 aromatic rings. The first-order valence-corrected chi connectivity index (χ1v) is 42.2. The van der Waals surface area contributed by atoms with Gasteiger partial charge in [0.2, 0.25) is 35.9 Å². The van der Waals surface area contributed by atoms with Crippen molar-refractivity contribution in [3.63, 3.8) is 0 Å². The van der Waals surface area contributed by atoms with Crippen LogP contribution < -0.4 is 51.5 Å². The number of halogens is 1. The lowest BCUT2D eigenvalue weighted by atomic mass is 9.93. The number of benzene rings is 4. The van der Waals surface area contributed by atoms with Crippen LogP contribution in [0.2, 0.25) is 5.02 Å². The lowest BCUT2D eigenvalue weighted by Gasteiger charge is -2.16. The Morgan fingerprint density at radius 1 is 0.579 bits per heavy atom. The van der Waals surface area contributed by atoms with Gasteiger partial charge in [0.05, 0.1) is 54.1 Å². The average molecular weight is 1740 g/mol. The highest BCUT2D eigenvalue weighted by atomic mass is 35.5. The van der Waals surface area contributed by atoms with Gasteiger partial charge in [-0.25, -0.2) is 77.4 Å². The summed E-state index contributed by atoms with van der Waals surface area (Å²) in [5.41, 5.74) is 11.0. The Kier molecular flexibility index (Phi) is 25.2. The summed E-state index contributed by atoms with van der Waals surface area (Å²) >= 11 is 6.02. The highest BCUT2D eigenvalue weighted by Crippen LogP contribution is 2.30. The zero-order valence-corrected chi connectivity index (χ0v) is 71.8. The molecule has 0 aliphatic carbocycles. The number of rotatable bonds is 15. The Bertz CT molecular complexity index is 7200. The SMILES string of the molecule is CC(NS(=O)(=O)c1cccc(NS(C)(=O)=O)c1)c1nnc2cc(C(C)(C)C)[nH]n12.CNC(=O)c1nc2cc(C)[nH]n2c(=O)c1C.COc1cc2[nH]c(=O)n(-c3ccccc3Cl)c(=O)n2n1.COc1ccc(-c2nc3cc(C(C)(C)C)[nH]n3n2)cc1C(=O)O.Cc1cc2[nH]c(=O)c(C)c(C)n2n1.Cc1cc2nc(-c3cccc(NS(C)(=O)=O)c3)nn2[nH]1. The van der Waals surface area contributed by atoms with Crippen LogP contribution in [0.15, 0.2) is 151 Å². The summed E-state index contributed by atoms with van der Waals surface area (Å²) in [5, 5.41) is 49.4. The fourth-order valence-corrected chi connectivity index (χ4v) is 14.4. The molecule has 11 N–H and O–H groups in total. The first kappa shape index (κ1) is 88.0. The Balaban J connectivity index is 0.000000144. The van der Waals surface area contributed by atoms with Crippen molar-refractivity contribution >= 4 is 98.8 Å². The van der Waals surface area contributed by atoms with Gasteiger partial charge in [0.25, 0.3) is 17.0 Å². The molecule has 0 spiro atoms. The van der Waals surface area contributed by atoms with Gasteiger partial charge in [-0.3, -0.25) is 49.2 Å². The summed E-state index contributed by atoms with van der Waals surface area (Å²) in [7, 11) is -6.39. The number of fused-ring (bicyclic) bond motifs is 6. The van der Waals surface area contributed by atoms with E-state index < -0.39 is 53.5 Å². The largest absolute Gasteiger partial charge is 0.496 e. The molecule has 4 aromatic carbocycles. The fraction of sp³-hybridized carbons (Fsp3) is 0.276. The molecule has 12 aromatic heterocycles. The predicted octanol–water partition coefficient (Wildman–Crippen LogP) is 7.68. The maximum atomic E-state index is 12.8. The molecule has 41 nitrogen and oxygen atoms in total. The van der Waals surface area contributed by atoms with E-state index in [4.69, 9.17) is 21.1 Å². The maximum absolute atomic E-state index is 12.8. The second kappa shape index (κ2) is 34.6. The number of anilines is 2. The van der Waals surface area contributed by atoms with Gasteiger partial charge >= 0.3 is 17.3 Å². The summed E-state index contributed by atoms with van der Waals surface area (Å²) in [6.45, 7) is 25.0. The van der Waals surface area contributed by atoms with Crippen molar-refractivity contribution in [1.82, 2.24) is 118 Å². The topological polar surface area (TPSA) is 534 Å². The number of carbonyl (C=O) groups excluding carboxylic acids is 1. The number of hydrogen-bond donors (Lipinski definition) is 11. The molecule has 0 aliphatic rings. The van der Waals surface area contributed by atoms with Crippen molar-refractivity contribution in [3.05, 3.63) is 236 Å². The number of aryl methyl sites for hydroxylation is 4. The molecular formula is C76H87ClN26O15S3. The molecule has 0 radical (unpaired) electrons. The number of para-hydroxylation sites is 1. The number of carbonyl (C=O) groups is 2. The van der Waals surface area contributed by atoms with E-state index in [0.717, 1.165) is 78.2 Å². The molecule has 636 valence electrons. The van der Waals surface area contributed by atoms with Gasteiger partial charge in [0, 0.05) is 116 Å². The van der Waals surface area contributed by atoms with Crippen LogP contribution in [-0.2, 0) is 40.9 Å². The van der Waals surface area contributed by atoms with E-state index in [1.807, 2.05) is 58.0 Å². The van der Waals surface area contributed by atoms with Crippen molar-refractivity contribution in [3.8, 4) is 40.1 Å². The molecule has 45 heteroatoms. The van der Waals surface area contributed by atoms with Crippen LogP contribution in [0.5, 0.6) is 11.6 Å². The number of hydrogen-bond acceptors (Lipinski definition) is 23. The van der Waals surface area contributed by atoms with Crippen molar-refractivity contribution in [1.29, 1.82) is 0 Å². The monoisotopic (exact) mass is 1730 g/mol. The fourth-order valence-electron chi connectivity index (χ4n) is 11.8. The third kappa shape index (κ3) is 20.3. The molecule has 12 heterocycles. The third-order valence-electron chi connectivity index (χ3n) is 18.0. The van der Waals surface area contributed by atoms with E-state index in [1.165, 1.54) is 62.2 Å². The zero-order valence-electron chi connectivity index (χ0n) is 68.6. The van der Waals surface area contributed by atoms with Gasteiger partial charge in [0.1, 0.15) is 28.3 Å². The van der Waals surface area contributed by atoms with E-state index >= 15 is 0 Å².